The molecule has 2 heterocycles. The molecule has 0 atom stereocenters. The normalized spacial score (nSPS) is 11.6. The molecule has 0 amide bonds. The number of rotatable bonds is 8. The van der Waals surface area contributed by atoms with E-state index >= 15 is 0 Å². The fourth-order valence-corrected chi connectivity index (χ4v) is 4.49. The number of nitrogens with zero attached hydrogens (tertiary/aromatic N) is 2. The monoisotopic (exact) mass is 407 g/mol. The van der Waals surface area contributed by atoms with Gasteiger partial charge in [-0.2, -0.15) is 0 Å². The fraction of sp³-hybridized carbons (Fsp3) is 0.136. The largest absolute Gasteiger partial charge is 0.492 e. The van der Waals surface area contributed by atoms with Crippen LogP contribution in [0.15, 0.2) is 90.2 Å². The molecular weight excluding hydrogens is 386 g/mol. The maximum atomic E-state index is 13.0. The molecule has 0 radical (unpaired) electrons. The molecule has 0 fully saturated rings. The van der Waals surface area contributed by atoms with Crippen molar-refractivity contribution in [1.29, 1.82) is 0 Å². The lowest BCUT2D eigenvalue weighted by molar-refractivity contribution is 0.317. The number of hydrogen-bond donors (Lipinski definition) is 1. The third-order valence-electron chi connectivity index (χ3n) is 4.57. The van der Waals surface area contributed by atoms with Gasteiger partial charge in [0, 0.05) is 37.1 Å². The number of benzene rings is 2. The molecule has 0 saturated heterocycles. The Morgan fingerprint density at radius 2 is 1.72 bits per heavy atom. The standard InChI is InChI=1S/C22H21N3O3S/c26-29(27,19-5-2-1-3-6-19)25-15-11-20-21(25)7-4-8-22(20)28-16-14-24-17-18-9-12-23-13-10-18/h1-13,15,24H,14,16-17H2. The summed E-state index contributed by atoms with van der Waals surface area (Å²) in [5.41, 5.74) is 1.75. The number of pyridine rings is 1. The van der Waals surface area contributed by atoms with Gasteiger partial charge in [-0.25, -0.2) is 12.4 Å². The minimum Gasteiger partial charge on any atom is -0.492 e. The van der Waals surface area contributed by atoms with Crippen molar-refractivity contribution in [3.05, 3.63) is 90.9 Å². The van der Waals surface area contributed by atoms with Gasteiger partial charge < -0.3 is 10.1 Å². The molecule has 0 spiro atoms. The molecule has 6 nitrogen and oxygen atoms in total. The summed E-state index contributed by atoms with van der Waals surface area (Å²) in [5.74, 6) is 0.662. The van der Waals surface area contributed by atoms with Gasteiger partial charge in [0.1, 0.15) is 12.4 Å². The maximum absolute atomic E-state index is 13.0. The summed E-state index contributed by atoms with van der Waals surface area (Å²) in [4.78, 5) is 4.25. The second kappa shape index (κ2) is 8.46. The highest BCUT2D eigenvalue weighted by Gasteiger charge is 2.19. The van der Waals surface area contributed by atoms with Crippen molar-refractivity contribution < 1.29 is 13.2 Å². The van der Waals surface area contributed by atoms with Crippen molar-refractivity contribution in [3.8, 4) is 5.75 Å². The van der Waals surface area contributed by atoms with E-state index in [9.17, 15) is 8.42 Å². The quantitative estimate of drug-likeness (QED) is 0.453. The fourth-order valence-electron chi connectivity index (χ4n) is 3.12. The summed E-state index contributed by atoms with van der Waals surface area (Å²) in [6, 6.07) is 19.5. The number of ether oxygens (including phenoxy) is 1. The van der Waals surface area contributed by atoms with Gasteiger partial charge >= 0.3 is 0 Å². The first kappa shape index (κ1) is 19.2. The summed E-state index contributed by atoms with van der Waals surface area (Å²) >= 11 is 0. The zero-order valence-corrected chi connectivity index (χ0v) is 16.5. The number of hydrogen-bond acceptors (Lipinski definition) is 5. The van der Waals surface area contributed by atoms with Crippen LogP contribution in [0.3, 0.4) is 0 Å². The topological polar surface area (TPSA) is 73.2 Å². The molecule has 4 rings (SSSR count). The SMILES string of the molecule is O=S(=O)(c1ccccc1)n1ccc2c(OCCNCc3ccncc3)cccc21. The van der Waals surface area contributed by atoms with Crippen LogP contribution in [0.2, 0.25) is 0 Å². The average Bonchev–Trinajstić information content (AvgIpc) is 3.21. The van der Waals surface area contributed by atoms with E-state index in [2.05, 4.69) is 10.3 Å². The Balaban J connectivity index is 1.46. The predicted molar refractivity (Wildman–Crippen MR) is 112 cm³/mol. The molecule has 0 aliphatic rings. The van der Waals surface area contributed by atoms with E-state index in [0.717, 1.165) is 17.5 Å². The lowest BCUT2D eigenvalue weighted by atomic mass is 10.2. The Labute approximate surface area is 169 Å². The van der Waals surface area contributed by atoms with Gasteiger partial charge in [0.05, 0.1) is 10.4 Å². The molecule has 7 heteroatoms. The van der Waals surface area contributed by atoms with Crippen LogP contribution in [0.25, 0.3) is 10.9 Å². The van der Waals surface area contributed by atoms with E-state index in [0.29, 0.717) is 24.4 Å². The van der Waals surface area contributed by atoms with Gasteiger partial charge in [0.25, 0.3) is 10.0 Å². The zero-order chi connectivity index (χ0) is 20.1. The highest BCUT2D eigenvalue weighted by atomic mass is 32.2. The molecule has 29 heavy (non-hydrogen) atoms. The van der Waals surface area contributed by atoms with Crippen LogP contribution in [0.5, 0.6) is 5.75 Å². The first-order valence-corrected chi connectivity index (χ1v) is 10.7. The van der Waals surface area contributed by atoms with Gasteiger partial charge in [-0.05, 0) is 48.0 Å². The maximum Gasteiger partial charge on any atom is 0.268 e. The van der Waals surface area contributed by atoms with E-state index < -0.39 is 10.0 Å². The van der Waals surface area contributed by atoms with E-state index in [1.807, 2.05) is 18.2 Å². The molecule has 2 aromatic carbocycles. The van der Waals surface area contributed by atoms with Crippen molar-refractivity contribution in [3.63, 3.8) is 0 Å². The molecule has 0 aliphatic carbocycles. The second-order valence-corrected chi connectivity index (χ2v) is 8.31. The Hall–Kier alpha value is -3.16. The summed E-state index contributed by atoms with van der Waals surface area (Å²) in [6.07, 6.45) is 5.10. The van der Waals surface area contributed by atoms with Crippen LogP contribution < -0.4 is 10.1 Å². The molecule has 148 valence electrons. The van der Waals surface area contributed by atoms with Crippen molar-refractivity contribution in [2.75, 3.05) is 13.2 Å². The first-order valence-electron chi connectivity index (χ1n) is 9.29. The van der Waals surface area contributed by atoms with Gasteiger partial charge in [0.15, 0.2) is 0 Å². The summed E-state index contributed by atoms with van der Waals surface area (Å²) in [5, 5.41) is 4.08. The van der Waals surface area contributed by atoms with Crippen molar-refractivity contribution in [1.82, 2.24) is 14.3 Å². The van der Waals surface area contributed by atoms with Crippen LogP contribution >= 0.6 is 0 Å². The third-order valence-corrected chi connectivity index (χ3v) is 6.28. The van der Waals surface area contributed by atoms with Crippen LogP contribution in [0.1, 0.15) is 5.56 Å². The van der Waals surface area contributed by atoms with Gasteiger partial charge in [-0.1, -0.05) is 24.3 Å². The van der Waals surface area contributed by atoms with Crippen LogP contribution in [-0.2, 0) is 16.6 Å². The van der Waals surface area contributed by atoms with Crippen molar-refractivity contribution in [2.45, 2.75) is 11.4 Å². The van der Waals surface area contributed by atoms with Gasteiger partial charge in [-0.15, -0.1) is 0 Å². The molecule has 2 aromatic heterocycles. The molecular formula is C22H21N3O3S. The lowest BCUT2D eigenvalue weighted by Gasteiger charge is -2.10. The molecule has 4 aromatic rings. The summed E-state index contributed by atoms with van der Waals surface area (Å²) in [7, 11) is -3.66. The van der Waals surface area contributed by atoms with Gasteiger partial charge in [-0.3, -0.25) is 4.98 Å². The van der Waals surface area contributed by atoms with Crippen molar-refractivity contribution in [2.24, 2.45) is 0 Å². The van der Waals surface area contributed by atoms with E-state index in [1.165, 1.54) is 3.97 Å². The van der Waals surface area contributed by atoms with Crippen molar-refractivity contribution >= 4 is 20.9 Å². The minimum atomic E-state index is -3.66. The molecule has 0 saturated carbocycles. The Morgan fingerprint density at radius 1 is 0.931 bits per heavy atom. The average molecular weight is 407 g/mol. The van der Waals surface area contributed by atoms with Crippen LogP contribution in [0.4, 0.5) is 0 Å². The summed E-state index contributed by atoms with van der Waals surface area (Å²) < 4.78 is 33.1. The van der Waals surface area contributed by atoms with E-state index in [1.54, 1.807) is 67.1 Å². The molecule has 0 aliphatic heterocycles. The third kappa shape index (κ3) is 4.16. The second-order valence-electron chi connectivity index (χ2n) is 6.50. The van der Waals surface area contributed by atoms with E-state index in [4.69, 9.17) is 4.74 Å². The molecule has 1 N–H and O–H groups in total. The summed E-state index contributed by atoms with van der Waals surface area (Å²) in [6.45, 7) is 1.88. The highest BCUT2D eigenvalue weighted by Crippen LogP contribution is 2.29. The lowest BCUT2D eigenvalue weighted by Crippen LogP contribution is -2.20. The Bertz CT molecular complexity index is 1190. The first-order chi connectivity index (χ1) is 14.2. The smallest absolute Gasteiger partial charge is 0.268 e. The number of aromatic nitrogens is 2. The zero-order valence-electron chi connectivity index (χ0n) is 15.7. The molecule has 0 bridgehead atoms. The minimum absolute atomic E-state index is 0.254. The predicted octanol–water partition coefficient (Wildman–Crippen LogP) is 3.44. The Kier molecular flexibility index (Phi) is 5.59. The van der Waals surface area contributed by atoms with Gasteiger partial charge in [0.2, 0.25) is 0 Å². The van der Waals surface area contributed by atoms with Crippen LogP contribution in [0, 0.1) is 0 Å². The number of nitrogens with one attached hydrogen (secondary N) is 1. The van der Waals surface area contributed by atoms with E-state index in [-0.39, 0.29) is 4.90 Å². The van der Waals surface area contributed by atoms with Crippen LogP contribution in [-0.4, -0.2) is 30.5 Å². The molecule has 0 unspecified atom stereocenters. The number of fused-ring (bicyclic) bond motifs is 1. The Morgan fingerprint density at radius 3 is 2.52 bits per heavy atom. The highest BCUT2D eigenvalue weighted by molar-refractivity contribution is 7.90.